The summed E-state index contributed by atoms with van der Waals surface area (Å²) in [6.45, 7) is 2.45. The lowest BCUT2D eigenvalue weighted by molar-refractivity contribution is 0.291. The molecule has 0 amide bonds. The van der Waals surface area contributed by atoms with Crippen molar-refractivity contribution in [3.05, 3.63) is 58.1 Å². The number of ether oxygens (including phenoxy) is 1. The fourth-order valence-electron chi connectivity index (χ4n) is 1.45. The molecule has 0 fully saturated rings. The molecule has 0 spiro atoms. The number of nitrogens with zero attached hydrogens (tertiary/aromatic N) is 2. The molecule has 0 radical (unpaired) electrons. The summed E-state index contributed by atoms with van der Waals surface area (Å²) in [6, 6.07) is 9.35. The largest absolute Gasteiger partial charge is 0.473 e. The second-order valence-corrected chi connectivity index (χ2v) is 3.89. The fourth-order valence-corrected chi connectivity index (χ4v) is 1.45. The minimum Gasteiger partial charge on any atom is -0.473 e. The normalized spacial score (nSPS) is 10.2. The lowest BCUT2D eigenvalue weighted by atomic mass is 10.1. The van der Waals surface area contributed by atoms with Crippen molar-refractivity contribution >= 4 is 0 Å². The molecule has 0 unspecified atom stereocenters. The third-order valence-electron chi connectivity index (χ3n) is 2.59. The maximum absolute atomic E-state index is 11.4. The highest BCUT2D eigenvalue weighted by atomic mass is 16.5. The van der Waals surface area contributed by atoms with Gasteiger partial charge >= 0.3 is 0 Å². The molecule has 88 valence electrons. The summed E-state index contributed by atoms with van der Waals surface area (Å²) in [4.78, 5) is 15.4. The Morgan fingerprint density at radius 2 is 2.12 bits per heavy atom. The molecule has 0 saturated carbocycles. The van der Waals surface area contributed by atoms with E-state index in [9.17, 15) is 4.79 Å². The van der Waals surface area contributed by atoms with Gasteiger partial charge in [-0.25, -0.2) is 4.98 Å². The zero-order valence-corrected chi connectivity index (χ0v) is 9.88. The highest BCUT2D eigenvalue weighted by Gasteiger charge is 2.01. The lowest BCUT2D eigenvalue weighted by Crippen LogP contribution is -2.16. The van der Waals surface area contributed by atoms with Crippen LogP contribution in [0.5, 0.6) is 5.88 Å². The Morgan fingerprint density at radius 3 is 2.82 bits per heavy atom. The molecule has 4 heteroatoms. The van der Waals surface area contributed by atoms with E-state index in [1.165, 1.54) is 17.0 Å². The van der Waals surface area contributed by atoms with Crippen molar-refractivity contribution in [1.82, 2.24) is 9.55 Å². The van der Waals surface area contributed by atoms with Gasteiger partial charge in [0.25, 0.3) is 5.56 Å². The van der Waals surface area contributed by atoms with Gasteiger partial charge in [-0.2, -0.15) is 0 Å². The number of hydrogen-bond donors (Lipinski definition) is 0. The van der Waals surface area contributed by atoms with Gasteiger partial charge in [-0.1, -0.05) is 24.3 Å². The van der Waals surface area contributed by atoms with Crippen LogP contribution in [0, 0.1) is 6.92 Å². The molecule has 0 atom stereocenters. The Bertz CT molecular complexity index is 576. The number of hydrogen-bond acceptors (Lipinski definition) is 3. The molecule has 2 rings (SSSR count). The molecular formula is C13H14N2O2. The summed E-state index contributed by atoms with van der Waals surface area (Å²) in [5, 5.41) is 0. The predicted octanol–water partition coefficient (Wildman–Crippen LogP) is 1.67. The van der Waals surface area contributed by atoms with Crippen molar-refractivity contribution in [1.29, 1.82) is 0 Å². The summed E-state index contributed by atoms with van der Waals surface area (Å²) in [5.41, 5.74) is 2.13. The third-order valence-corrected chi connectivity index (χ3v) is 2.59. The maximum atomic E-state index is 11.4. The van der Waals surface area contributed by atoms with Crippen LogP contribution in [0.15, 0.2) is 41.5 Å². The van der Waals surface area contributed by atoms with Crippen LogP contribution < -0.4 is 10.3 Å². The molecule has 17 heavy (non-hydrogen) atoms. The first-order valence-electron chi connectivity index (χ1n) is 5.37. The smallest absolute Gasteiger partial charge is 0.256 e. The average Bonchev–Trinajstić information content (AvgIpc) is 2.32. The fraction of sp³-hybridized carbons (Fsp3) is 0.231. The first-order chi connectivity index (χ1) is 8.16. The number of benzene rings is 1. The first kappa shape index (κ1) is 11.4. The topological polar surface area (TPSA) is 44.1 Å². The van der Waals surface area contributed by atoms with E-state index in [1.807, 2.05) is 31.2 Å². The van der Waals surface area contributed by atoms with Crippen LogP contribution >= 0.6 is 0 Å². The van der Waals surface area contributed by atoms with Gasteiger partial charge < -0.3 is 9.30 Å². The van der Waals surface area contributed by atoms with E-state index in [0.717, 1.165) is 11.1 Å². The van der Waals surface area contributed by atoms with Crippen LogP contribution in [0.1, 0.15) is 11.1 Å². The van der Waals surface area contributed by atoms with Crippen LogP contribution in [0.3, 0.4) is 0 Å². The van der Waals surface area contributed by atoms with Gasteiger partial charge in [0.2, 0.25) is 5.88 Å². The molecule has 1 aromatic heterocycles. The van der Waals surface area contributed by atoms with Crippen molar-refractivity contribution in [2.24, 2.45) is 7.05 Å². The molecule has 1 heterocycles. The Hall–Kier alpha value is -2.10. The monoisotopic (exact) mass is 230 g/mol. The molecule has 0 aliphatic heterocycles. The number of rotatable bonds is 3. The second-order valence-electron chi connectivity index (χ2n) is 3.89. The van der Waals surface area contributed by atoms with Gasteiger partial charge in [0.05, 0.1) is 6.07 Å². The second kappa shape index (κ2) is 4.82. The SMILES string of the molecule is Cc1ccccc1COc1cc(=O)n(C)cn1. The highest BCUT2D eigenvalue weighted by Crippen LogP contribution is 2.10. The van der Waals surface area contributed by atoms with Crippen LogP contribution in [0.2, 0.25) is 0 Å². The highest BCUT2D eigenvalue weighted by molar-refractivity contribution is 5.25. The Morgan fingerprint density at radius 1 is 1.35 bits per heavy atom. The van der Waals surface area contributed by atoms with Crippen molar-refractivity contribution in [2.75, 3.05) is 0 Å². The maximum Gasteiger partial charge on any atom is 0.256 e. The summed E-state index contributed by atoms with van der Waals surface area (Å²) in [5.74, 6) is 0.358. The number of aromatic nitrogens is 2. The van der Waals surface area contributed by atoms with Crippen molar-refractivity contribution < 1.29 is 4.74 Å². The molecule has 0 aliphatic carbocycles. The molecular weight excluding hydrogens is 216 g/mol. The van der Waals surface area contributed by atoms with E-state index in [-0.39, 0.29) is 5.56 Å². The first-order valence-corrected chi connectivity index (χ1v) is 5.37. The van der Waals surface area contributed by atoms with E-state index >= 15 is 0 Å². The van der Waals surface area contributed by atoms with E-state index < -0.39 is 0 Å². The van der Waals surface area contributed by atoms with Gasteiger partial charge in [-0.05, 0) is 18.1 Å². The van der Waals surface area contributed by atoms with Crippen molar-refractivity contribution in [3.63, 3.8) is 0 Å². The molecule has 0 aliphatic rings. The Balaban J connectivity index is 2.10. The minimum atomic E-state index is -0.125. The summed E-state index contributed by atoms with van der Waals surface area (Å²) >= 11 is 0. The van der Waals surface area contributed by atoms with Gasteiger partial charge in [-0.3, -0.25) is 4.79 Å². The predicted molar refractivity (Wildman–Crippen MR) is 65.0 cm³/mol. The zero-order valence-electron chi connectivity index (χ0n) is 9.88. The van der Waals surface area contributed by atoms with E-state index in [2.05, 4.69) is 4.98 Å². The molecule has 0 bridgehead atoms. The van der Waals surface area contributed by atoms with Gasteiger partial charge in [0.1, 0.15) is 12.9 Å². The van der Waals surface area contributed by atoms with Crippen LogP contribution in [-0.4, -0.2) is 9.55 Å². The zero-order chi connectivity index (χ0) is 12.3. The Labute approximate surface area is 99.5 Å². The van der Waals surface area contributed by atoms with E-state index in [4.69, 9.17) is 4.74 Å². The van der Waals surface area contributed by atoms with Crippen LogP contribution in [0.25, 0.3) is 0 Å². The summed E-state index contributed by atoms with van der Waals surface area (Å²) in [7, 11) is 1.65. The van der Waals surface area contributed by atoms with Crippen LogP contribution in [0.4, 0.5) is 0 Å². The average molecular weight is 230 g/mol. The van der Waals surface area contributed by atoms with Crippen molar-refractivity contribution in [2.45, 2.75) is 13.5 Å². The Kier molecular flexibility index (Phi) is 3.23. The summed E-state index contributed by atoms with van der Waals surface area (Å²) < 4.78 is 6.89. The van der Waals surface area contributed by atoms with E-state index in [0.29, 0.717) is 12.5 Å². The molecule has 1 aromatic carbocycles. The van der Waals surface area contributed by atoms with Gasteiger partial charge in [-0.15, -0.1) is 0 Å². The quantitative estimate of drug-likeness (QED) is 0.805. The standard InChI is InChI=1S/C13H14N2O2/c1-10-5-3-4-6-11(10)8-17-12-7-13(16)15(2)9-14-12/h3-7,9H,8H2,1-2H3. The molecule has 0 N–H and O–H groups in total. The summed E-state index contributed by atoms with van der Waals surface area (Å²) in [6.07, 6.45) is 1.45. The van der Waals surface area contributed by atoms with E-state index in [1.54, 1.807) is 7.05 Å². The van der Waals surface area contributed by atoms with Crippen molar-refractivity contribution in [3.8, 4) is 5.88 Å². The van der Waals surface area contributed by atoms with Gasteiger partial charge in [0.15, 0.2) is 0 Å². The minimum absolute atomic E-state index is 0.125. The molecule has 2 aromatic rings. The van der Waals surface area contributed by atoms with Gasteiger partial charge in [0, 0.05) is 7.05 Å². The molecule has 0 saturated heterocycles. The lowest BCUT2D eigenvalue weighted by Gasteiger charge is -2.07. The van der Waals surface area contributed by atoms with Crippen LogP contribution in [-0.2, 0) is 13.7 Å². The number of aryl methyl sites for hydroxylation is 2. The molecule has 4 nitrogen and oxygen atoms in total. The third kappa shape index (κ3) is 2.72.